The van der Waals surface area contributed by atoms with Crippen molar-refractivity contribution in [2.24, 2.45) is 0 Å². The van der Waals surface area contributed by atoms with Crippen LogP contribution in [0.2, 0.25) is 0 Å². The maximum Gasteiger partial charge on any atom is 0.327 e. The molecule has 1 aromatic heterocycles. The number of pyridine rings is 1. The first-order chi connectivity index (χ1) is 8.04. The van der Waals surface area contributed by atoms with Gasteiger partial charge in [0.15, 0.2) is 11.0 Å². The normalized spacial score (nSPS) is 18.1. The van der Waals surface area contributed by atoms with Crippen LogP contribution in [0.3, 0.4) is 0 Å². The van der Waals surface area contributed by atoms with Gasteiger partial charge in [-0.05, 0) is 32.4 Å². The Morgan fingerprint density at radius 2 is 2.24 bits per heavy atom. The Labute approximate surface area is 104 Å². The summed E-state index contributed by atoms with van der Waals surface area (Å²) in [7, 11) is 0. The van der Waals surface area contributed by atoms with Gasteiger partial charge in [-0.3, -0.25) is 9.59 Å². The van der Waals surface area contributed by atoms with Gasteiger partial charge in [0.25, 0.3) is 0 Å². The summed E-state index contributed by atoms with van der Waals surface area (Å²) in [6.07, 6.45) is 0. The zero-order chi connectivity index (χ0) is 12.6. The van der Waals surface area contributed by atoms with Gasteiger partial charge in [0, 0.05) is 5.69 Å². The lowest BCUT2D eigenvalue weighted by molar-refractivity contribution is -0.141. The number of carbonyl (C=O) groups is 2. The van der Waals surface area contributed by atoms with Crippen LogP contribution in [-0.2, 0) is 9.53 Å². The molecule has 0 radical (unpaired) electrons. The molecule has 2 heterocycles. The van der Waals surface area contributed by atoms with E-state index in [0.717, 1.165) is 11.3 Å². The quantitative estimate of drug-likeness (QED) is 0.593. The summed E-state index contributed by atoms with van der Waals surface area (Å²) in [6, 6.07) is 1.85. The van der Waals surface area contributed by atoms with Crippen LogP contribution in [0.1, 0.15) is 28.5 Å². The van der Waals surface area contributed by atoms with E-state index in [4.69, 9.17) is 4.74 Å². The molecule has 4 nitrogen and oxygen atoms in total. The molecule has 1 aliphatic rings. The van der Waals surface area contributed by atoms with E-state index < -0.39 is 11.2 Å². The number of fused-ring (bicyclic) bond motifs is 1. The molecule has 0 amide bonds. The lowest BCUT2D eigenvalue weighted by Crippen LogP contribution is -2.25. The largest absolute Gasteiger partial charge is 0.465 e. The van der Waals surface area contributed by atoms with Crippen LogP contribution in [0.4, 0.5) is 0 Å². The second-order valence-electron chi connectivity index (χ2n) is 3.87. The van der Waals surface area contributed by atoms with Crippen molar-refractivity contribution in [2.45, 2.75) is 31.0 Å². The van der Waals surface area contributed by atoms with E-state index >= 15 is 0 Å². The minimum absolute atomic E-state index is 0.187. The number of nitrogens with zero attached hydrogens (tertiary/aromatic N) is 1. The number of rotatable bonds is 2. The van der Waals surface area contributed by atoms with Crippen molar-refractivity contribution in [2.75, 3.05) is 6.61 Å². The maximum atomic E-state index is 12.1. The van der Waals surface area contributed by atoms with E-state index in [1.54, 1.807) is 6.92 Å². The number of hydrogen-bond acceptors (Lipinski definition) is 5. The Balaban J connectivity index is 2.36. The van der Waals surface area contributed by atoms with Gasteiger partial charge in [-0.2, -0.15) is 0 Å². The van der Waals surface area contributed by atoms with Crippen LogP contribution >= 0.6 is 11.8 Å². The number of thioether (sulfide) groups is 1. The molecule has 1 aliphatic heterocycles. The molecule has 5 heteroatoms. The Morgan fingerprint density at radius 3 is 2.88 bits per heavy atom. The Bertz CT molecular complexity index is 499. The Hall–Kier alpha value is -1.36. The summed E-state index contributed by atoms with van der Waals surface area (Å²) in [4.78, 5) is 28.0. The number of ketones is 1. The van der Waals surface area contributed by atoms with Gasteiger partial charge in [0.2, 0.25) is 0 Å². The minimum atomic E-state index is -0.780. The molecule has 0 aliphatic carbocycles. The van der Waals surface area contributed by atoms with E-state index in [9.17, 15) is 9.59 Å². The average molecular weight is 251 g/mol. The summed E-state index contributed by atoms with van der Waals surface area (Å²) in [5, 5.41) is -0.136. The fourth-order valence-electron chi connectivity index (χ4n) is 1.86. The number of hydrogen-bond donors (Lipinski definition) is 0. The van der Waals surface area contributed by atoms with Gasteiger partial charge in [-0.1, -0.05) is 11.8 Å². The van der Waals surface area contributed by atoms with Crippen molar-refractivity contribution >= 4 is 23.5 Å². The number of carbonyl (C=O) groups excluding carboxylic acids is 2. The summed E-state index contributed by atoms with van der Waals surface area (Å²) >= 11 is 1.19. The number of esters is 1. The summed E-state index contributed by atoms with van der Waals surface area (Å²) in [6.45, 7) is 5.74. The first-order valence-corrected chi connectivity index (χ1v) is 6.28. The van der Waals surface area contributed by atoms with E-state index in [1.165, 1.54) is 11.8 Å². The second kappa shape index (κ2) is 4.49. The molecular formula is C12H13NO3S. The molecule has 0 spiro atoms. The predicted molar refractivity (Wildman–Crippen MR) is 64.3 cm³/mol. The lowest BCUT2D eigenvalue weighted by Gasteiger charge is -2.05. The number of aromatic nitrogens is 1. The lowest BCUT2D eigenvalue weighted by atomic mass is 10.0. The zero-order valence-electron chi connectivity index (χ0n) is 9.94. The van der Waals surface area contributed by atoms with Crippen LogP contribution in [0.15, 0.2) is 11.1 Å². The molecule has 0 aromatic carbocycles. The van der Waals surface area contributed by atoms with Gasteiger partial charge >= 0.3 is 5.97 Å². The first kappa shape index (κ1) is 12.1. The molecule has 1 aromatic rings. The maximum absolute atomic E-state index is 12.1. The molecule has 0 saturated heterocycles. The van der Waals surface area contributed by atoms with Crippen LogP contribution < -0.4 is 0 Å². The highest BCUT2D eigenvalue weighted by Crippen LogP contribution is 2.37. The highest BCUT2D eigenvalue weighted by molar-refractivity contribution is 8.02. The standard InChI is InChI=1S/C12H13NO3S/c1-4-16-12(15)10-9(14)8-6(2)5-7(3)13-11(8)17-10/h5,10H,4H2,1-3H3. The smallest absolute Gasteiger partial charge is 0.327 e. The van der Waals surface area contributed by atoms with Crippen LogP contribution in [0.5, 0.6) is 0 Å². The molecule has 90 valence electrons. The van der Waals surface area contributed by atoms with Gasteiger partial charge in [-0.15, -0.1) is 0 Å². The van der Waals surface area contributed by atoms with Crippen molar-refractivity contribution in [3.05, 3.63) is 22.9 Å². The fraction of sp³-hybridized carbons (Fsp3) is 0.417. The number of aryl methyl sites for hydroxylation is 2. The van der Waals surface area contributed by atoms with Crippen molar-refractivity contribution in [3.8, 4) is 0 Å². The topological polar surface area (TPSA) is 56.3 Å². The minimum Gasteiger partial charge on any atom is -0.465 e. The van der Waals surface area contributed by atoms with E-state index in [2.05, 4.69) is 4.98 Å². The third-order valence-corrected chi connectivity index (χ3v) is 3.69. The van der Waals surface area contributed by atoms with E-state index in [-0.39, 0.29) is 12.4 Å². The van der Waals surface area contributed by atoms with Gasteiger partial charge < -0.3 is 4.74 Å². The molecule has 1 unspecified atom stereocenters. The van der Waals surface area contributed by atoms with Gasteiger partial charge in [0.05, 0.1) is 12.2 Å². The molecular weight excluding hydrogens is 238 g/mol. The van der Waals surface area contributed by atoms with Crippen LogP contribution in [0.25, 0.3) is 0 Å². The summed E-state index contributed by atoms with van der Waals surface area (Å²) in [5.74, 6) is -0.661. The van der Waals surface area contributed by atoms with E-state index in [1.807, 2.05) is 19.9 Å². The molecule has 17 heavy (non-hydrogen) atoms. The SMILES string of the molecule is CCOC(=O)C1Sc2nc(C)cc(C)c2C1=O. The molecule has 1 atom stereocenters. The highest BCUT2D eigenvalue weighted by atomic mass is 32.2. The summed E-state index contributed by atoms with van der Waals surface area (Å²) in [5.41, 5.74) is 2.29. The number of ether oxygens (including phenoxy) is 1. The molecule has 0 bridgehead atoms. The second-order valence-corrected chi connectivity index (χ2v) is 4.97. The average Bonchev–Trinajstić information content (AvgIpc) is 2.56. The van der Waals surface area contributed by atoms with Gasteiger partial charge in [0.1, 0.15) is 5.03 Å². The monoisotopic (exact) mass is 251 g/mol. The van der Waals surface area contributed by atoms with Gasteiger partial charge in [-0.25, -0.2) is 4.98 Å². The van der Waals surface area contributed by atoms with Crippen LogP contribution in [0, 0.1) is 13.8 Å². The van der Waals surface area contributed by atoms with Crippen molar-refractivity contribution in [1.82, 2.24) is 4.98 Å². The first-order valence-electron chi connectivity index (χ1n) is 5.40. The molecule has 0 fully saturated rings. The Kier molecular flexibility index (Phi) is 3.19. The third kappa shape index (κ3) is 2.07. The summed E-state index contributed by atoms with van der Waals surface area (Å²) < 4.78 is 4.89. The van der Waals surface area contributed by atoms with Crippen molar-refractivity contribution < 1.29 is 14.3 Å². The van der Waals surface area contributed by atoms with Crippen molar-refractivity contribution in [1.29, 1.82) is 0 Å². The van der Waals surface area contributed by atoms with Crippen LogP contribution in [-0.4, -0.2) is 28.6 Å². The molecule has 2 rings (SSSR count). The molecule has 0 N–H and O–H groups in total. The number of Topliss-reactive ketones (excluding diaryl/α,β-unsaturated/α-hetero) is 1. The van der Waals surface area contributed by atoms with E-state index in [0.29, 0.717) is 10.6 Å². The van der Waals surface area contributed by atoms with Crippen molar-refractivity contribution in [3.63, 3.8) is 0 Å². The predicted octanol–water partition coefficient (Wildman–Crippen LogP) is 1.92. The Morgan fingerprint density at radius 1 is 1.53 bits per heavy atom. The highest BCUT2D eigenvalue weighted by Gasteiger charge is 2.39. The third-order valence-electron chi connectivity index (χ3n) is 2.53. The fourth-order valence-corrected chi connectivity index (χ4v) is 3.05. The molecule has 0 saturated carbocycles. The zero-order valence-corrected chi connectivity index (χ0v) is 10.8.